The second-order valence-corrected chi connectivity index (χ2v) is 7.75. The normalized spacial score (nSPS) is 11.3. The van der Waals surface area contributed by atoms with E-state index in [2.05, 4.69) is 15.4 Å². The van der Waals surface area contributed by atoms with Gasteiger partial charge in [0.15, 0.2) is 5.65 Å². The summed E-state index contributed by atoms with van der Waals surface area (Å²) in [7, 11) is 3.20. The predicted molar refractivity (Wildman–Crippen MR) is 133 cm³/mol. The number of hydrogen-bond acceptors (Lipinski definition) is 6. The number of fused-ring (bicyclic) bond motifs is 1. The molecule has 0 saturated heterocycles. The van der Waals surface area contributed by atoms with Crippen LogP contribution in [0.2, 0.25) is 0 Å². The van der Waals surface area contributed by atoms with Crippen molar-refractivity contribution < 1.29 is 13.9 Å². The first kappa shape index (κ1) is 22.1. The Hall–Kier alpha value is -4.66. The molecule has 3 heterocycles. The maximum Gasteiger partial charge on any atom is 0.161 e. The highest BCUT2D eigenvalue weighted by molar-refractivity contribution is 5.82. The van der Waals surface area contributed by atoms with Gasteiger partial charge in [-0.2, -0.15) is 5.10 Å². The first-order valence-electron chi connectivity index (χ1n) is 10.9. The van der Waals surface area contributed by atoms with Gasteiger partial charge in [-0.3, -0.25) is 4.40 Å². The maximum atomic E-state index is 13.5. The third-order valence-electron chi connectivity index (χ3n) is 5.48. The second-order valence-electron chi connectivity index (χ2n) is 7.75. The molecular formula is C26H23FN6O2. The minimum atomic E-state index is -0.299. The second kappa shape index (κ2) is 9.30. The highest BCUT2D eigenvalue weighted by atomic mass is 19.1. The molecule has 0 saturated carbocycles. The Kier molecular flexibility index (Phi) is 5.88. The number of halogens is 1. The zero-order valence-electron chi connectivity index (χ0n) is 19.4. The molecule has 35 heavy (non-hydrogen) atoms. The van der Waals surface area contributed by atoms with Gasteiger partial charge < -0.3 is 14.8 Å². The zero-order valence-corrected chi connectivity index (χ0v) is 19.4. The van der Waals surface area contributed by atoms with Crippen molar-refractivity contribution in [3.05, 3.63) is 90.7 Å². The van der Waals surface area contributed by atoms with Crippen molar-refractivity contribution in [2.45, 2.75) is 6.92 Å². The smallest absolute Gasteiger partial charge is 0.161 e. The molecule has 0 unspecified atom stereocenters. The Labute approximate surface area is 201 Å². The highest BCUT2D eigenvalue weighted by Gasteiger charge is 2.16. The summed E-state index contributed by atoms with van der Waals surface area (Å²) in [5.74, 6) is 1.02. The Morgan fingerprint density at radius 3 is 2.60 bits per heavy atom. The number of nitrogens with zero attached hydrogens (tertiary/aromatic N) is 5. The maximum absolute atomic E-state index is 13.5. The molecule has 5 aromatic rings. The number of benzene rings is 2. The molecule has 176 valence electrons. The van der Waals surface area contributed by atoms with Crippen molar-refractivity contribution in [1.82, 2.24) is 24.1 Å². The summed E-state index contributed by atoms with van der Waals surface area (Å²) >= 11 is 0. The number of aromatic nitrogens is 5. The Balaban J connectivity index is 1.57. The molecule has 0 bridgehead atoms. The van der Waals surface area contributed by atoms with Crippen molar-refractivity contribution in [2.75, 3.05) is 19.5 Å². The van der Waals surface area contributed by atoms with Gasteiger partial charge in [-0.25, -0.2) is 19.0 Å². The van der Waals surface area contributed by atoms with Gasteiger partial charge in [-0.15, -0.1) is 0 Å². The standard InChI is InChI=1S/C26H23FN6O2/c1-17-28-16-33(31-17)22-11-10-20(15-24(22)35-3)29-21-5-4-13-32-23(12-14-34-2)25(30-26(21)32)18-6-8-19(27)9-7-18/h4-16,29H,1-3H3. The predicted octanol–water partition coefficient (Wildman–Crippen LogP) is 5.40. The van der Waals surface area contributed by atoms with Gasteiger partial charge in [0.2, 0.25) is 0 Å². The number of hydrogen-bond donors (Lipinski definition) is 1. The third kappa shape index (κ3) is 4.31. The van der Waals surface area contributed by atoms with Crippen LogP contribution in [-0.4, -0.2) is 38.4 Å². The Bertz CT molecular complexity index is 1520. The van der Waals surface area contributed by atoms with Crippen LogP contribution in [0.5, 0.6) is 5.75 Å². The van der Waals surface area contributed by atoms with Gasteiger partial charge in [0.1, 0.15) is 29.4 Å². The van der Waals surface area contributed by atoms with Crippen LogP contribution in [0.25, 0.3) is 28.7 Å². The zero-order chi connectivity index (χ0) is 24.4. The van der Waals surface area contributed by atoms with Gasteiger partial charge in [-0.1, -0.05) is 0 Å². The van der Waals surface area contributed by atoms with Gasteiger partial charge >= 0.3 is 0 Å². The Morgan fingerprint density at radius 2 is 1.89 bits per heavy atom. The molecule has 3 aromatic heterocycles. The summed E-state index contributed by atoms with van der Waals surface area (Å²) in [5, 5.41) is 7.81. The van der Waals surface area contributed by atoms with E-state index in [1.54, 1.807) is 43.6 Å². The molecule has 9 heteroatoms. The van der Waals surface area contributed by atoms with Gasteiger partial charge in [-0.05, 0) is 61.5 Å². The number of methoxy groups -OCH3 is 2. The lowest BCUT2D eigenvalue weighted by Gasteiger charge is -2.12. The number of anilines is 2. The van der Waals surface area contributed by atoms with Gasteiger partial charge in [0.25, 0.3) is 0 Å². The summed E-state index contributed by atoms with van der Waals surface area (Å²) in [6.45, 7) is 1.83. The fourth-order valence-electron chi connectivity index (χ4n) is 3.86. The van der Waals surface area contributed by atoms with Gasteiger partial charge in [0.05, 0.1) is 37.6 Å². The van der Waals surface area contributed by atoms with E-state index in [1.807, 2.05) is 53.9 Å². The summed E-state index contributed by atoms with van der Waals surface area (Å²) in [5.41, 5.74) is 5.41. The molecule has 8 nitrogen and oxygen atoms in total. The van der Waals surface area contributed by atoms with Crippen molar-refractivity contribution in [1.29, 1.82) is 0 Å². The molecule has 0 aliphatic carbocycles. The van der Waals surface area contributed by atoms with E-state index in [1.165, 1.54) is 12.1 Å². The number of ether oxygens (including phenoxy) is 2. The highest BCUT2D eigenvalue weighted by Crippen LogP contribution is 2.32. The summed E-state index contributed by atoms with van der Waals surface area (Å²) < 4.78 is 27.9. The van der Waals surface area contributed by atoms with E-state index in [4.69, 9.17) is 14.5 Å². The molecular weight excluding hydrogens is 447 g/mol. The van der Waals surface area contributed by atoms with E-state index in [0.717, 1.165) is 28.3 Å². The third-order valence-corrected chi connectivity index (χ3v) is 5.48. The van der Waals surface area contributed by atoms with Crippen LogP contribution in [-0.2, 0) is 4.74 Å². The molecule has 0 spiro atoms. The SMILES string of the molecule is COC=Cc1c(-c2ccc(F)cc2)nc2c(Nc3ccc(-n4cnc(C)n4)c(OC)c3)cccn12. The molecule has 0 atom stereocenters. The topological polar surface area (TPSA) is 78.5 Å². The van der Waals surface area contributed by atoms with Gasteiger partial charge in [0, 0.05) is 23.5 Å². The number of imidazole rings is 1. The Morgan fingerprint density at radius 1 is 1.06 bits per heavy atom. The molecule has 0 aliphatic heterocycles. The largest absolute Gasteiger partial charge is 0.504 e. The first-order valence-corrected chi connectivity index (χ1v) is 10.9. The average Bonchev–Trinajstić information content (AvgIpc) is 3.47. The molecule has 1 N–H and O–H groups in total. The number of aryl methyl sites for hydroxylation is 1. The summed E-state index contributed by atoms with van der Waals surface area (Å²) in [6.07, 6.45) is 7.00. The van der Waals surface area contributed by atoms with E-state index >= 15 is 0 Å². The van der Waals surface area contributed by atoms with E-state index in [-0.39, 0.29) is 5.82 Å². The molecule has 0 radical (unpaired) electrons. The van der Waals surface area contributed by atoms with Crippen LogP contribution in [0.4, 0.5) is 15.8 Å². The number of nitrogens with one attached hydrogen (secondary N) is 1. The first-order chi connectivity index (χ1) is 17.1. The van der Waals surface area contributed by atoms with Crippen LogP contribution in [0.1, 0.15) is 11.5 Å². The van der Waals surface area contributed by atoms with Crippen molar-refractivity contribution in [3.63, 3.8) is 0 Å². The molecule has 2 aromatic carbocycles. The summed E-state index contributed by atoms with van der Waals surface area (Å²) in [4.78, 5) is 9.08. The van der Waals surface area contributed by atoms with Crippen molar-refractivity contribution >= 4 is 23.1 Å². The van der Waals surface area contributed by atoms with E-state index in [0.29, 0.717) is 22.9 Å². The van der Waals surface area contributed by atoms with Crippen LogP contribution < -0.4 is 10.1 Å². The number of rotatable bonds is 7. The molecule has 5 rings (SSSR count). The van der Waals surface area contributed by atoms with Crippen molar-refractivity contribution in [2.24, 2.45) is 0 Å². The van der Waals surface area contributed by atoms with E-state index < -0.39 is 0 Å². The monoisotopic (exact) mass is 470 g/mol. The fourth-order valence-corrected chi connectivity index (χ4v) is 3.86. The lowest BCUT2D eigenvalue weighted by atomic mass is 10.1. The molecule has 0 fully saturated rings. The van der Waals surface area contributed by atoms with E-state index in [9.17, 15) is 4.39 Å². The van der Waals surface area contributed by atoms with Crippen LogP contribution in [0.15, 0.2) is 73.4 Å². The lowest BCUT2D eigenvalue weighted by Crippen LogP contribution is -2.01. The average molecular weight is 471 g/mol. The quantitative estimate of drug-likeness (QED) is 0.321. The summed E-state index contributed by atoms with van der Waals surface area (Å²) in [6, 6.07) is 15.9. The van der Waals surface area contributed by atoms with Crippen molar-refractivity contribution in [3.8, 4) is 22.7 Å². The minimum Gasteiger partial charge on any atom is -0.504 e. The minimum absolute atomic E-state index is 0.299. The number of pyridine rings is 1. The van der Waals surface area contributed by atoms with Crippen LogP contribution in [0.3, 0.4) is 0 Å². The fraction of sp³-hybridized carbons (Fsp3) is 0.115. The van der Waals surface area contributed by atoms with Crippen LogP contribution >= 0.6 is 0 Å². The molecule has 0 aliphatic rings. The van der Waals surface area contributed by atoms with Crippen LogP contribution in [0, 0.1) is 12.7 Å². The molecule has 0 amide bonds. The lowest BCUT2D eigenvalue weighted by molar-refractivity contribution is 0.341.